The van der Waals surface area contributed by atoms with Gasteiger partial charge >= 0.3 is 0 Å². The van der Waals surface area contributed by atoms with E-state index in [2.05, 4.69) is 5.32 Å². The highest BCUT2D eigenvalue weighted by Crippen LogP contribution is 2.53. The summed E-state index contributed by atoms with van der Waals surface area (Å²) in [4.78, 5) is 27.9. The second kappa shape index (κ2) is 6.55. The van der Waals surface area contributed by atoms with Gasteiger partial charge in [0.25, 0.3) is 0 Å². The number of nitrogens with one attached hydrogen (secondary N) is 1. The molecule has 0 aromatic heterocycles. The van der Waals surface area contributed by atoms with Crippen LogP contribution in [-0.2, 0) is 14.3 Å². The number of rotatable bonds is 3. The van der Waals surface area contributed by atoms with Gasteiger partial charge in [0.1, 0.15) is 24.6 Å². The number of anilines is 2. The summed E-state index contributed by atoms with van der Waals surface area (Å²) < 4.78 is 31.5. The summed E-state index contributed by atoms with van der Waals surface area (Å²) in [6.07, 6.45) is 3.17. The third-order valence-electron chi connectivity index (χ3n) is 6.36. The largest absolute Gasteiger partial charge is 0.486 e. The number of benzene rings is 2. The van der Waals surface area contributed by atoms with Crippen LogP contribution in [0.15, 0.2) is 54.6 Å². The fraction of sp³-hybridized carbons (Fsp3) is 0.304. The lowest BCUT2D eigenvalue weighted by Crippen LogP contribution is -2.41. The van der Waals surface area contributed by atoms with Gasteiger partial charge in [-0.3, -0.25) is 9.59 Å². The fourth-order valence-electron chi connectivity index (χ4n) is 5.02. The summed E-state index contributed by atoms with van der Waals surface area (Å²) in [5, 5.41) is 2.88. The van der Waals surface area contributed by atoms with Crippen LogP contribution in [0.3, 0.4) is 0 Å². The molecule has 2 bridgehead atoms. The summed E-state index contributed by atoms with van der Waals surface area (Å²) in [6.45, 7) is 1.10. The van der Waals surface area contributed by atoms with Gasteiger partial charge in [-0.25, -0.2) is 4.39 Å². The van der Waals surface area contributed by atoms with Gasteiger partial charge in [0.2, 0.25) is 11.8 Å². The molecule has 31 heavy (non-hydrogen) atoms. The average Bonchev–Trinajstić information content (AvgIpc) is 3.42. The van der Waals surface area contributed by atoms with Crippen molar-refractivity contribution in [2.24, 2.45) is 11.8 Å². The Labute approximate surface area is 177 Å². The maximum Gasteiger partial charge on any atom is 0.234 e. The molecule has 158 valence electrons. The summed E-state index contributed by atoms with van der Waals surface area (Å²) in [6, 6.07) is 11.3. The number of para-hydroxylation sites is 1. The highest BCUT2D eigenvalue weighted by Gasteiger charge is 2.67. The lowest BCUT2D eigenvalue weighted by atomic mass is 9.77. The summed E-state index contributed by atoms with van der Waals surface area (Å²) in [5.74, 6) is -1.33. The van der Waals surface area contributed by atoms with Gasteiger partial charge in [-0.2, -0.15) is 0 Å². The number of halogens is 1. The second-order valence-corrected chi connectivity index (χ2v) is 8.12. The lowest BCUT2D eigenvalue weighted by Gasteiger charge is -2.24. The molecule has 1 N–H and O–H groups in total. The van der Waals surface area contributed by atoms with Crippen LogP contribution >= 0.6 is 0 Å². The molecule has 1 spiro atoms. The van der Waals surface area contributed by atoms with Crippen LogP contribution in [0.1, 0.15) is 0 Å². The van der Waals surface area contributed by atoms with Gasteiger partial charge in [0.05, 0.1) is 30.2 Å². The van der Waals surface area contributed by atoms with Crippen LogP contribution in [0.2, 0.25) is 0 Å². The first kappa shape index (κ1) is 18.4. The third-order valence-corrected chi connectivity index (χ3v) is 6.36. The Bertz CT molecular complexity index is 1130. The molecule has 7 nitrogen and oxygen atoms in total. The van der Waals surface area contributed by atoms with Gasteiger partial charge in [0, 0.05) is 11.8 Å². The smallest absolute Gasteiger partial charge is 0.234 e. The molecule has 0 radical (unpaired) electrons. The summed E-state index contributed by atoms with van der Waals surface area (Å²) in [5.41, 5.74) is -0.173. The van der Waals surface area contributed by atoms with Crippen molar-refractivity contribution in [2.45, 2.75) is 11.7 Å². The molecule has 0 aliphatic carbocycles. The van der Waals surface area contributed by atoms with Crippen LogP contribution in [0.5, 0.6) is 11.5 Å². The molecule has 4 atom stereocenters. The van der Waals surface area contributed by atoms with Crippen molar-refractivity contribution in [3.63, 3.8) is 0 Å². The van der Waals surface area contributed by atoms with E-state index in [1.54, 1.807) is 36.4 Å². The summed E-state index contributed by atoms with van der Waals surface area (Å²) in [7, 11) is 0. The van der Waals surface area contributed by atoms with Gasteiger partial charge in [-0.1, -0.05) is 24.3 Å². The lowest BCUT2D eigenvalue weighted by molar-refractivity contribution is -0.128. The Morgan fingerprint density at radius 1 is 1.13 bits per heavy atom. The van der Waals surface area contributed by atoms with Crippen molar-refractivity contribution >= 4 is 23.2 Å². The molecular weight excluding hydrogens is 403 g/mol. The van der Waals surface area contributed by atoms with Crippen LogP contribution in [0, 0.1) is 17.7 Å². The molecule has 4 heterocycles. The number of amides is 2. The molecule has 2 fully saturated rings. The first-order valence-electron chi connectivity index (χ1n) is 10.2. The Morgan fingerprint density at radius 2 is 1.94 bits per heavy atom. The van der Waals surface area contributed by atoms with E-state index in [-0.39, 0.29) is 24.0 Å². The van der Waals surface area contributed by atoms with E-state index in [9.17, 15) is 14.0 Å². The number of carbonyl (C=O) groups excluding carboxylic acids is 2. The Balaban J connectivity index is 1.28. The zero-order valence-electron chi connectivity index (χ0n) is 16.4. The van der Waals surface area contributed by atoms with E-state index >= 15 is 0 Å². The average molecular weight is 422 g/mol. The zero-order chi connectivity index (χ0) is 21.2. The van der Waals surface area contributed by atoms with Gasteiger partial charge in [-0.15, -0.1) is 0 Å². The van der Waals surface area contributed by atoms with Crippen molar-refractivity contribution in [1.29, 1.82) is 0 Å². The molecule has 4 aliphatic rings. The SMILES string of the molecule is O=C(Nc1ccc2c(c1)OCCO2)[C@@H]1[C@H]2C(=O)N(c3ccccc3F)C[C@]23C=C[C@H]1O3. The van der Waals surface area contributed by atoms with Crippen LogP contribution in [-0.4, -0.2) is 43.3 Å². The highest BCUT2D eigenvalue weighted by molar-refractivity contribution is 6.05. The molecule has 0 saturated carbocycles. The maximum atomic E-state index is 14.4. The van der Waals surface area contributed by atoms with Gasteiger partial charge < -0.3 is 24.4 Å². The number of carbonyl (C=O) groups is 2. The number of hydrogen-bond donors (Lipinski definition) is 1. The molecule has 2 saturated heterocycles. The Morgan fingerprint density at radius 3 is 2.77 bits per heavy atom. The highest BCUT2D eigenvalue weighted by atomic mass is 19.1. The molecule has 0 unspecified atom stereocenters. The van der Waals surface area contributed by atoms with Crippen molar-refractivity contribution in [3.8, 4) is 11.5 Å². The van der Waals surface area contributed by atoms with E-state index in [4.69, 9.17) is 14.2 Å². The molecule has 2 amide bonds. The molecule has 6 rings (SSSR count). The number of hydrogen-bond acceptors (Lipinski definition) is 5. The molecule has 8 heteroatoms. The summed E-state index contributed by atoms with van der Waals surface area (Å²) >= 11 is 0. The molecule has 2 aromatic rings. The van der Waals surface area contributed by atoms with Crippen molar-refractivity contribution in [2.75, 3.05) is 30.0 Å². The van der Waals surface area contributed by atoms with Crippen LogP contribution in [0.4, 0.5) is 15.8 Å². The van der Waals surface area contributed by atoms with Gasteiger partial charge in [0.15, 0.2) is 11.5 Å². The topological polar surface area (TPSA) is 77.1 Å². The fourth-order valence-corrected chi connectivity index (χ4v) is 5.02. The second-order valence-electron chi connectivity index (χ2n) is 8.12. The van der Waals surface area contributed by atoms with E-state index < -0.39 is 29.4 Å². The van der Waals surface area contributed by atoms with Crippen LogP contribution < -0.4 is 19.7 Å². The first-order chi connectivity index (χ1) is 15.1. The van der Waals surface area contributed by atoms with Crippen molar-refractivity contribution in [3.05, 3.63) is 60.4 Å². The Kier molecular flexibility index (Phi) is 3.89. The monoisotopic (exact) mass is 422 g/mol. The number of fused-ring (bicyclic) bond motifs is 2. The molecule has 4 aliphatic heterocycles. The number of nitrogens with zero attached hydrogens (tertiary/aromatic N) is 1. The van der Waals surface area contributed by atoms with Gasteiger partial charge in [-0.05, 0) is 24.3 Å². The molecular formula is C23H19FN2O5. The molecule has 2 aromatic carbocycles. The Hall–Kier alpha value is -3.39. The van der Waals surface area contributed by atoms with E-state index in [1.807, 2.05) is 12.2 Å². The minimum Gasteiger partial charge on any atom is -0.486 e. The standard InChI is InChI=1S/C23H19FN2O5/c24-14-3-1-2-4-15(14)26-12-23-8-7-17(31-23)19(20(23)22(26)28)21(27)25-13-5-6-16-18(11-13)30-10-9-29-16/h1-8,11,17,19-20H,9-10,12H2,(H,25,27)/t17-,19+,20+,23-/m1/s1. The predicted molar refractivity (Wildman–Crippen MR) is 109 cm³/mol. The van der Waals surface area contributed by atoms with Crippen molar-refractivity contribution in [1.82, 2.24) is 0 Å². The maximum absolute atomic E-state index is 14.4. The number of ether oxygens (including phenoxy) is 3. The third kappa shape index (κ3) is 2.68. The predicted octanol–water partition coefficient (Wildman–Crippen LogP) is 2.52. The zero-order valence-corrected chi connectivity index (χ0v) is 16.4. The quantitative estimate of drug-likeness (QED) is 0.770. The minimum atomic E-state index is -0.918. The van der Waals surface area contributed by atoms with Crippen molar-refractivity contribution < 1.29 is 28.2 Å². The first-order valence-corrected chi connectivity index (χ1v) is 10.2. The van der Waals surface area contributed by atoms with E-state index in [0.29, 0.717) is 30.4 Å². The van der Waals surface area contributed by atoms with Crippen LogP contribution in [0.25, 0.3) is 0 Å². The minimum absolute atomic E-state index is 0.179. The normalized spacial score (nSPS) is 29.9. The van der Waals surface area contributed by atoms with E-state index in [0.717, 1.165) is 0 Å². The van der Waals surface area contributed by atoms with E-state index in [1.165, 1.54) is 11.0 Å².